The van der Waals surface area contributed by atoms with E-state index in [2.05, 4.69) is 5.32 Å². The summed E-state index contributed by atoms with van der Waals surface area (Å²) in [5, 5.41) is 12.1. The van der Waals surface area contributed by atoms with E-state index in [-0.39, 0.29) is 6.61 Å². The van der Waals surface area contributed by atoms with E-state index in [1.165, 1.54) is 0 Å². The summed E-state index contributed by atoms with van der Waals surface area (Å²) in [6.45, 7) is 8.91. The van der Waals surface area contributed by atoms with Crippen LogP contribution in [0.4, 0.5) is 4.79 Å². The lowest BCUT2D eigenvalue weighted by atomic mass is 10.1. The summed E-state index contributed by atoms with van der Waals surface area (Å²) >= 11 is 0. The fraction of sp³-hybridized carbons (Fsp3) is 0.611. The number of ether oxygens (including phenoxy) is 3. The molecule has 0 aliphatic carbocycles. The van der Waals surface area contributed by atoms with Crippen LogP contribution in [0.3, 0.4) is 0 Å². The fourth-order valence-corrected chi connectivity index (χ4v) is 2.00. The third-order valence-corrected chi connectivity index (χ3v) is 3.05. The molecule has 0 aliphatic heterocycles. The van der Waals surface area contributed by atoms with Crippen LogP contribution < -0.4 is 10.1 Å². The maximum Gasteiger partial charge on any atom is 0.407 e. The Balaban J connectivity index is 2.46. The maximum atomic E-state index is 11.8. The minimum Gasteiger partial charge on any atom is -0.491 e. The second-order valence-corrected chi connectivity index (χ2v) is 6.42. The van der Waals surface area contributed by atoms with Crippen LogP contribution in [-0.4, -0.2) is 49.3 Å². The molecule has 0 saturated heterocycles. The van der Waals surface area contributed by atoms with Crippen molar-refractivity contribution in [3.63, 3.8) is 0 Å². The third kappa shape index (κ3) is 8.74. The van der Waals surface area contributed by atoms with Crippen molar-refractivity contribution in [1.29, 1.82) is 0 Å². The highest BCUT2D eigenvalue weighted by Crippen LogP contribution is 2.14. The quantitative estimate of drug-likeness (QED) is 0.676. The highest BCUT2D eigenvalue weighted by Gasteiger charge is 2.19. The number of alkyl carbamates (subject to hydrolysis) is 1. The molecule has 0 aromatic heterocycles. The predicted molar refractivity (Wildman–Crippen MR) is 92.4 cm³/mol. The van der Waals surface area contributed by atoms with E-state index >= 15 is 0 Å². The molecule has 1 rings (SSSR count). The highest BCUT2D eigenvalue weighted by atomic mass is 16.6. The summed E-state index contributed by atoms with van der Waals surface area (Å²) in [6.07, 6.45) is -0.0213. The molecule has 0 bridgehead atoms. The van der Waals surface area contributed by atoms with Crippen LogP contribution in [-0.2, 0) is 15.9 Å². The Labute approximate surface area is 144 Å². The second-order valence-electron chi connectivity index (χ2n) is 6.42. The van der Waals surface area contributed by atoms with Gasteiger partial charge in [0.25, 0.3) is 0 Å². The van der Waals surface area contributed by atoms with E-state index in [9.17, 15) is 9.90 Å². The van der Waals surface area contributed by atoms with E-state index in [0.717, 1.165) is 11.3 Å². The molecule has 2 N–H and O–H groups in total. The smallest absolute Gasteiger partial charge is 0.407 e. The first-order chi connectivity index (χ1) is 11.3. The van der Waals surface area contributed by atoms with Gasteiger partial charge in [-0.3, -0.25) is 0 Å². The predicted octanol–water partition coefficient (Wildman–Crippen LogP) is 2.53. The first-order valence-corrected chi connectivity index (χ1v) is 8.24. The van der Waals surface area contributed by atoms with E-state index in [4.69, 9.17) is 14.2 Å². The van der Waals surface area contributed by atoms with Gasteiger partial charge in [0.2, 0.25) is 0 Å². The second kappa shape index (κ2) is 10.2. The van der Waals surface area contributed by atoms with Gasteiger partial charge in [-0.05, 0) is 51.8 Å². The van der Waals surface area contributed by atoms with Crippen molar-refractivity contribution in [2.24, 2.45) is 0 Å². The highest BCUT2D eigenvalue weighted by molar-refractivity contribution is 5.68. The Morgan fingerprint density at radius 2 is 1.88 bits per heavy atom. The van der Waals surface area contributed by atoms with Crippen LogP contribution in [0.1, 0.15) is 33.3 Å². The van der Waals surface area contributed by atoms with Gasteiger partial charge in [-0.15, -0.1) is 0 Å². The van der Waals surface area contributed by atoms with Gasteiger partial charge in [-0.25, -0.2) is 4.79 Å². The molecule has 0 spiro atoms. The first kappa shape index (κ1) is 20.3. The van der Waals surface area contributed by atoms with Crippen molar-refractivity contribution >= 4 is 6.09 Å². The lowest BCUT2D eigenvalue weighted by molar-refractivity contribution is 0.0483. The molecule has 6 heteroatoms. The van der Waals surface area contributed by atoms with E-state index in [1.54, 1.807) is 20.8 Å². The molecule has 0 unspecified atom stereocenters. The number of nitrogens with one attached hydrogen (secondary N) is 1. The van der Waals surface area contributed by atoms with Crippen molar-refractivity contribution in [2.75, 3.05) is 26.4 Å². The van der Waals surface area contributed by atoms with Gasteiger partial charge in [0.15, 0.2) is 0 Å². The number of aliphatic hydroxyl groups is 1. The summed E-state index contributed by atoms with van der Waals surface area (Å²) in [4.78, 5) is 11.8. The van der Waals surface area contributed by atoms with Gasteiger partial charge in [0.05, 0.1) is 19.3 Å². The van der Waals surface area contributed by atoms with Gasteiger partial charge in [-0.1, -0.05) is 12.1 Å². The molecule has 1 atom stereocenters. The van der Waals surface area contributed by atoms with Crippen molar-refractivity contribution < 1.29 is 24.1 Å². The SMILES string of the molecule is CCOCCOc1ccc(C[C@@H](CO)NC(=O)OC(C)(C)C)cc1. The molecular weight excluding hydrogens is 310 g/mol. The third-order valence-electron chi connectivity index (χ3n) is 3.05. The van der Waals surface area contributed by atoms with Gasteiger partial charge in [0.1, 0.15) is 18.0 Å². The van der Waals surface area contributed by atoms with Crippen LogP contribution in [0.25, 0.3) is 0 Å². The van der Waals surface area contributed by atoms with Gasteiger partial charge in [-0.2, -0.15) is 0 Å². The number of hydrogen-bond acceptors (Lipinski definition) is 5. The Kier molecular flexibility index (Phi) is 8.57. The number of aliphatic hydroxyl groups excluding tert-OH is 1. The monoisotopic (exact) mass is 339 g/mol. The molecule has 0 saturated carbocycles. The maximum absolute atomic E-state index is 11.8. The molecule has 0 aliphatic rings. The number of rotatable bonds is 9. The molecule has 0 heterocycles. The zero-order valence-electron chi connectivity index (χ0n) is 15.0. The summed E-state index contributed by atoms with van der Waals surface area (Å²) in [5.41, 5.74) is 0.423. The van der Waals surface area contributed by atoms with Crippen molar-refractivity contribution in [1.82, 2.24) is 5.32 Å². The van der Waals surface area contributed by atoms with Gasteiger partial charge >= 0.3 is 6.09 Å². The van der Waals surface area contributed by atoms with E-state index in [0.29, 0.717) is 26.2 Å². The number of hydrogen-bond donors (Lipinski definition) is 2. The molecule has 24 heavy (non-hydrogen) atoms. The number of carbonyl (C=O) groups excluding carboxylic acids is 1. The minimum absolute atomic E-state index is 0.161. The molecular formula is C18H29NO5. The molecule has 136 valence electrons. The number of amides is 1. The molecule has 1 aromatic rings. The summed E-state index contributed by atoms with van der Waals surface area (Å²) in [6, 6.07) is 7.15. The fourth-order valence-electron chi connectivity index (χ4n) is 2.00. The molecule has 1 amide bonds. The minimum atomic E-state index is -0.565. The summed E-state index contributed by atoms with van der Waals surface area (Å²) < 4.78 is 16.0. The van der Waals surface area contributed by atoms with Crippen LogP contribution in [0.2, 0.25) is 0 Å². The average molecular weight is 339 g/mol. The molecule has 0 radical (unpaired) electrons. The zero-order valence-corrected chi connectivity index (χ0v) is 15.0. The van der Waals surface area contributed by atoms with E-state index < -0.39 is 17.7 Å². The summed E-state index contributed by atoms with van der Waals surface area (Å²) in [5.74, 6) is 0.763. The first-order valence-electron chi connectivity index (χ1n) is 8.24. The average Bonchev–Trinajstić information content (AvgIpc) is 2.50. The van der Waals surface area contributed by atoms with E-state index in [1.807, 2.05) is 31.2 Å². The normalized spacial score (nSPS) is 12.5. The zero-order chi connectivity index (χ0) is 18.0. The Hall–Kier alpha value is -1.79. The molecule has 6 nitrogen and oxygen atoms in total. The van der Waals surface area contributed by atoms with Crippen LogP contribution >= 0.6 is 0 Å². The van der Waals surface area contributed by atoms with Crippen molar-refractivity contribution in [2.45, 2.75) is 45.8 Å². The van der Waals surface area contributed by atoms with Crippen molar-refractivity contribution in [3.8, 4) is 5.75 Å². The Morgan fingerprint density at radius 1 is 1.21 bits per heavy atom. The van der Waals surface area contributed by atoms with Gasteiger partial charge in [0, 0.05) is 6.61 Å². The number of benzene rings is 1. The lowest BCUT2D eigenvalue weighted by Crippen LogP contribution is -2.42. The standard InChI is InChI=1S/C18H29NO5/c1-5-22-10-11-23-16-8-6-14(7-9-16)12-15(13-20)19-17(21)24-18(2,3)4/h6-9,15,20H,5,10-13H2,1-4H3,(H,19,21)/t15-/m0/s1. The van der Waals surface area contributed by atoms with Crippen molar-refractivity contribution in [3.05, 3.63) is 29.8 Å². The molecule has 0 fully saturated rings. The van der Waals surface area contributed by atoms with Gasteiger partial charge < -0.3 is 24.6 Å². The van der Waals surface area contributed by atoms with Crippen LogP contribution in [0, 0.1) is 0 Å². The largest absolute Gasteiger partial charge is 0.491 e. The van der Waals surface area contributed by atoms with Crippen LogP contribution in [0.5, 0.6) is 5.75 Å². The lowest BCUT2D eigenvalue weighted by Gasteiger charge is -2.22. The van der Waals surface area contributed by atoms with Crippen LogP contribution in [0.15, 0.2) is 24.3 Å². The topological polar surface area (TPSA) is 77.0 Å². The Bertz CT molecular complexity index is 481. The number of carbonyl (C=O) groups is 1. The summed E-state index contributed by atoms with van der Waals surface area (Å²) in [7, 11) is 0. The Morgan fingerprint density at radius 3 is 2.42 bits per heavy atom. The molecule has 1 aromatic carbocycles.